The zero-order chi connectivity index (χ0) is 19.0. The molecule has 1 aromatic rings. The Kier molecular flexibility index (Phi) is 8.10. The maximum atomic E-state index is 12.6. The van der Waals surface area contributed by atoms with Crippen LogP contribution in [0.3, 0.4) is 0 Å². The van der Waals surface area contributed by atoms with Crippen LogP contribution in [0.4, 0.5) is 0 Å². The molecule has 1 unspecified atom stereocenters. The fraction of sp³-hybridized carbons (Fsp3) is 0.650. The molecule has 0 spiro atoms. The molecule has 1 atom stereocenters. The lowest BCUT2D eigenvalue weighted by atomic mass is 10.1. The van der Waals surface area contributed by atoms with Crippen LogP contribution in [0.15, 0.2) is 29.2 Å². The van der Waals surface area contributed by atoms with Gasteiger partial charge in [-0.1, -0.05) is 44.7 Å². The highest BCUT2D eigenvalue weighted by molar-refractivity contribution is 7.89. The second kappa shape index (κ2) is 10.1. The summed E-state index contributed by atoms with van der Waals surface area (Å²) in [7, 11) is -3.41. The summed E-state index contributed by atoms with van der Waals surface area (Å²) in [5, 5.41) is 3.02. The van der Waals surface area contributed by atoms with Gasteiger partial charge in [0.2, 0.25) is 15.9 Å². The predicted octanol–water partition coefficient (Wildman–Crippen LogP) is 3.49. The summed E-state index contributed by atoms with van der Waals surface area (Å²) < 4.78 is 26.8. The molecule has 26 heavy (non-hydrogen) atoms. The topological polar surface area (TPSA) is 66.5 Å². The largest absolute Gasteiger partial charge is 0.353 e. The van der Waals surface area contributed by atoms with Gasteiger partial charge in [0, 0.05) is 19.1 Å². The minimum absolute atomic E-state index is 0.0133. The monoisotopic (exact) mass is 380 g/mol. The lowest BCUT2D eigenvalue weighted by Crippen LogP contribution is -2.35. The van der Waals surface area contributed by atoms with Crippen molar-refractivity contribution in [2.75, 3.05) is 13.1 Å². The summed E-state index contributed by atoms with van der Waals surface area (Å²) in [6.45, 7) is 5.39. The van der Waals surface area contributed by atoms with E-state index in [1.807, 2.05) is 6.92 Å². The standard InChI is InChI=1S/C20H32N2O3S/c1-3-4-6-9-17(2)21-20(23)16-18-10-12-19(13-11-18)26(24,25)22-14-7-5-8-15-22/h10-13,17H,3-9,14-16H2,1-2H3,(H,21,23). The molecule has 1 fully saturated rings. The van der Waals surface area contributed by atoms with Crippen LogP contribution < -0.4 is 5.32 Å². The Labute approximate surface area is 158 Å². The van der Waals surface area contributed by atoms with E-state index in [-0.39, 0.29) is 18.4 Å². The molecule has 1 aliphatic heterocycles. The quantitative estimate of drug-likeness (QED) is 0.667. The first-order valence-corrected chi connectivity index (χ1v) is 11.3. The van der Waals surface area contributed by atoms with Crippen molar-refractivity contribution in [3.8, 4) is 0 Å². The smallest absolute Gasteiger partial charge is 0.243 e. The van der Waals surface area contributed by atoms with E-state index in [1.54, 1.807) is 28.6 Å². The summed E-state index contributed by atoms with van der Waals surface area (Å²) in [5.41, 5.74) is 0.834. The van der Waals surface area contributed by atoms with Gasteiger partial charge < -0.3 is 5.32 Å². The van der Waals surface area contributed by atoms with Crippen molar-refractivity contribution >= 4 is 15.9 Å². The van der Waals surface area contributed by atoms with Crippen LogP contribution in [-0.4, -0.2) is 37.8 Å². The van der Waals surface area contributed by atoms with Gasteiger partial charge in [-0.15, -0.1) is 0 Å². The summed E-state index contributed by atoms with van der Waals surface area (Å²) in [4.78, 5) is 12.5. The highest BCUT2D eigenvalue weighted by atomic mass is 32.2. The number of nitrogens with one attached hydrogen (secondary N) is 1. The normalized spacial score (nSPS) is 17.0. The number of amides is 1. The molecule has 5 nitrogen and oxygen atoms in total. The fourth-order valence-electron chi connectivity index (χ4n) is 3.32. The lowest BCUT2D eigenvalue weighted by molar-refractivity contribution is -0.121. The predicted molar refractivity (Wildman–Crippen MR) is 105 cm³/mol. The molecule has 1 N–H and O–H groups in total. The Morgan fingerprint density at radius 1 is 1.12 bits per heavy atom. The van der Waals surface area contributed by atoms with Crippen LogP contribution in [0, 0.1) is 0 Å². The molecule has 0 bridgehead atoms. The lowest BCUT2D eigenvalue weighted by Gasteiger charge is -2.25. The van der Waals surface area contributed by atoms with Gasteiger partial charge in [-0.3, -0.25) is 4.79 Å². The first-order chi connectivity index (χ1) is 12.4. The first-order valence-electron chi connectivity index (χ1n) is 9.82. The molecule has 1 heterocycles. The van der Waals surface area contributed by atoms with Crippen LogP contribution in [0.25, 0.3) is 0 Å². The van der Waals surface area contributed by atoms with Gasteiger partial charge >= 0.3 is 0 Å². The van der Waals surface area contributed by atoms with Crippen molar-refractivity contribution < 1.29 is 13.2 Å². The van der Waals surface area contributed by atoms with E-state index >= 15 is 0 Å². The molecule has 0 saturated carbocycles. The number of piperidine rings is 1. The Morgan fingerprint density at radius 2 is 1.77 bits per heavy atom. The average Bonchev–Trinajstić information content (AvgIpc) is 2.63. The van der Waals surface area contributed by atoms with E-state index in [2.05, 4.69) is 12.2 Å². The molecule has 0 aromatic heterocycles. The molecule has 0 aliphatic carbocycles. The second-order valence-corrected chi connectivity index (χ2v) is 9.19. The molecular weight excluding hydrogens is 348 g/mol. The van der Waals surface area contributed by atoms with Crippen molar-refractivity contribution in [2.24, 2.45) is 0 Å². The SMILES string of the molecule is CCCCCC(C)NC(=O)Cc1ccc(S(=O)(=O)N2CCCCC2)cc1. The van der Waals surface area contributed by atoms with Crippen molar-refractivity contribution in [3.63, 3.8) is 0 Å². The Bertz CT molecular complexity index is 665. The first kappa shape index (κ1) is 20.9. The van der Waals surface area contributed by atoms with Gasteiger partial charge in [-0.2, -0.15) is 4.31 Å². The van der Waals surface area contributed by atoms with Crippen LogP contribution in [0.2, 0.25) is 0 Å². The van der Waals surface area contributed by atoms with E-state index in [4.69, 9.17) is 0 Å². The van der Waals surface area contributed by atoms with Crippen LogP contribution in [-0.2, 0) is 21.2 Å². The molecule has 1 aliphatic rings. The van der Waals surface area contributed by atoms with Crippen molar-refractivity contribution in [1.82, 2.24) is 9.62 Å². The maximum Gasteiger partial charge on any atom is 0.243 e. The Hall–Kier alpha value is -1.40. The van der Waals surface area contributed by atoms with Gasteiger partial charge in [0.05, 0.1) is 11.3 Å². The summed E-state index contributed by atoms with van der Waals surface area (Å²) in [6, 6.07) is 6.91. The number of rotatable bonds is 9. The van der Waals surface area contributed by atoms with Crippen molar-refractivity contribution in [1.29, 1.82) is 0 Å². The van der Waals surface area contributed by atoms with E-state index < -0.39 is 10.0 Å². The summed E-state index contributed by atoms with van der Waals surface area (Å²) in [5.74, 6) is -0.0133. The molecule has 6 heteroatoms. The molecule has 0 radical (unpaired) electrons. The maximum absolute atomic E-state index is 12.6. The zero-order valence-electron chi connectivity index (χ0n) is 16.0. The number of nitrogens with zero attached hydrogens (tertiary/aromatic N) is 1. The molecule has 146 valence electrons. The van der Waals surface area contributed by atoms with Gasteiger partial charge in [-0.05, 0) is 43.9 Å². The van der Waals surface area contributed by atoms with E-state index in [0.717, 1.165) is 37.7 Å². The third-order valence-corrected chi connectivity index (χ3v) is 6.80. The number of unbranched alkanes of at least 4 members (excludes halogenated alkanes) is 2. The summed E-state index contributed by atoms with van der Waals surface area (Å²) in [6.07, 6.45) is 7.70. The van der Waals surface area contributed by atoms with E-state index in [0.29, 0.717) is 18.0 Å². The fourth-order valence-corrected chi connectivity index (χ4v) is 4.83. The van der Waals surface area contributed by atoms with Crippen LogP contribution in [0.1, 0.15) is 64.4 Å². The number of carbonyl (C=O) groups excluding carboxylic acids is 1. The molecule has 1 aromatic carbocycles. The number of sulfonamides is 1. The van der Waals surface area contributed by atoms with Crippen LogP contribution >= 0.6 is 0 Å². The van der Waals surface area contributed by atoms with E-state index in [1.165, 1.54) is 12.8 Å². The van der Waals surface area contributed by atoms with Gasteiger partial charge in [0.1, 0.15) is 0 Å². The van der Waals surface area contributed by atoms with Crippen molar-refractivity contribution in [3.05, 3.63) is 29.8 Å². The average molecular weight is 381 g/mol. The van der Waals surface area contributed by atoms with Crippen molar-refractivity contribution in [2.45, 2.75) is 76.2 Å². The molecule has 1 saturated heterocycles. The highest BCUT2D eigenvalue weighted by Crippen LogP contribution is 2.21. The van der Waals surface area contributed by atoms with E-state index in [9.17, 15) is 13.2 Å². The minimum Gasteiger partial charge on any atom is -0.353 e. The van der Waals surface area contributed by atoms with Gasteiger partial charge in [0.25, 0.3) is 0 Å². The molecular formula is C20H32N2O3S. The number of benzene rings is 1. The molecule has 1 amide bonds. The third kappa shape index (κ3) is 6.09. The number of hydrogen-bond acceptors (Lipinski definition) is 3. The third-order valence-electron chi connectivity index (χ3n) is 4.89. The summed E-state index contributed by atoms with van der Waals surface area (Å²) >= 11 is 0. The number of carbonyl (C=O) groups is 1. The highest BCUT2D eigenvalue weighted by Gasteiger charge is 2.25. The molecule has 2 rings (SSSR count). The van der Waals surface area contributed by atoms with Gasteiger partial charge in [0.15, 0.2) is 0 Å². The zero-order valence-corrected chi connectivity index (χ0v) is 16.9. The Balaban J connectivity index is 1.89. The number of hydrogen-bond donors (Lipinski definition) is 1. The van der Waals surface area contributed by atoms with Gasteiger partial charge in [-0.25, -0.2) is 8.42 Å². The second-order valence-electron chi connectivity index (χ2n) is 7.25. The Morgan fingerprint density at radius 3 is 2.38 bits per heavy atom. The minimum atomic E-state index is -3.41. The van der Waals surface area contributed by atoms with Crippen LogP contribution in [0.5, 0.6) is 0 Å².